The maximum Gasteiger partial charge on any atom is 0.326 e. The minimum atomic E-state index is -0.923. The molecule has 1 rings (SSSR count). The molecule has 2 atom stereocenters. The number of likely N-dealkylation sites (tertiary alicyclic amines) is 1. The monoisotopic (exact) mass is 242 g/mol. The molecule has 2 unspecified atom stereocenters. The molecule has 1 heterocycles. The van der Waals surface area contributed by atoms with Crippen LogP contribution in [0.5, 0.6) is 0 Å². The van der Waals surface area contributed by atoms with E-state index >= 15 is 0 Å². The van der Waals surface area contributed by atoms with Crippen LogP contribution < -0.4 is 5.73 Å². The second kappa shape index (κ2) is 5.04. The largest absolute Gasteiger partial charge is 0.480 e. The molecule has 3 N–H and O–H groups in total. The van der Waals surface area contributed by atoms with E-state index in [0.717, 1.165) is 12.8 Å². The molecular formula is C12H22N2O3. The maximum atomic E-state index is 12.0. The summed E-state index contributed by atoms with van der Waals surface area (Å²) in [5.74, 6) is -1.08. The lowest BCUT2D eigenvalue weighted by Gasteiger charge is -2.44. The average Bonchev–Trinajstić information content (AvgIpc) is 2.13. The van der Waals surface area contributed by atoms with Crippen LogP contribution in [-0.4, -0.2) is 40.5 Å². The number of aliphatic carboxylic acids is 1. The molecule has 0 aromatic heterocycles. The lowest BCUT2D eigenvalue weighted by Crippen LogP contribution is -2.56. The Morgan fingerprint density at radius 1 is 1.53 bits per heavy atom. The van der Waals surface area contributed by atoms with Gasteiger partial charge in [0.25, 0.3) is 0 Å². The lowest BCUT2D eigenvalue weighted by atomic mass is 9.76. The second-order valence-corrected chi connectivity index (χ2v) is 5.60. The molecule has 0 bridgehead atoms. The standard InChI is InChI=1S/C12H22N2O3/c1-8(13)7-9(15)14-6-4-5-12(2,3)10(14)11(16)17/h8,10H,4-7,13H2,1-3H3,(H,16,17). The predicted octanol–water partition coefficient (Wildman–Crippen LogP) is 0.825. The van der Waals surface area contributed by atoms with Crippen molar-refractivity contribution in [2.75, 3.05) is 6.54 Å². The summed E-state index contributed by atoms with van der Waals surface area (Å²) >= 11 is 0. The van der Waals surface area contributed by atoms with Gasteiger partial charge in [0.2, 0.25) is 5.91 Å². The van der Waals surface area contributed by atoms with Crippen molar-refractivity contribution in [2.45, 2.75) is 52.1 Å². The molecular weight excluding hydrogens is 220 g/mol. The number of hydrogen-bond acceptors (Lipinski definition) is 3. The van der Waals surface area contributed by atoms with E-state index in [-0.39, 0.29) is 23.8 Å². The van der Waals surface area contributed by atoms with Gasteiger partial charge in [-0.25, -0.2) is 4.79 Å². The zero-order valence-electron chi connectivity index (χ0n) is 10.8. The molecule has 0 radical (unpaired) electrons. The fourth-order valence-corrected chi connectivity index (χ4v) is 2.52. The molecule has 17 heavy (non-hydrogen) atoms. The first-order valence-corrected chi connectivity index (χ1v) is 6.03. The second-order valence-electron chi connectivity index (χ2n) is 5.60. The van der Waals surface area contributed by atoms with Gasteiger partial charge in [0, 0.05) is 19.0 Å². The molecule has 0 aromatic rings. The van der Waals surface area contributed by atoms with Crippen LogP contribution in [0.4, 0.5) is 0 Å². The Morgan fingerprint density at radius 3 is 2.59 bits per heavy atom. The third kappa shape index (κ3) is 3.19. The van der Waals surface area contributed by atoms with E-state index in [1.54, 1.807) is 6.92 Å². The minimum absolute atomic E-state index is 0.153. The summed E-state index contributed by atoms with van der Waals surface area (Å²) in [6.45, 7) is 6.07. The van der Waals surface area contributed by atoms with Crippen molar-refractivity contribution < 1.29 is 14.7 Å². The average molecular weight is 242 g/mol. The van der Waals surface area contributed by atoms with Gasteiger partial charge in [-0.3, -0.25) is 4.79 Å². The summed E-state index contributed by atoms with van der Waals surface area (Å²) in [5.41, 5.74) is 5.22. The molecule has 0 aromatic carbocycles. The van der Waals surface area contributed by atoms with Crippen molar-refractivity contribution >= 4 is 11.9 Å². The van der Waals surface area contributed by atoms with Crippen LogP contribution in [0.1, 0.15) is 40.0 Å². The molecule has 98 valence electrons. The molecule has 1 aliphatic rings. The number of nitrogens with two attached hydrogens (primary N) is 1. The highest BCUT2D eigenvalue weighted by Gasteiger charge is 2.44. The molecule has 0 aliphatic carbocycles. The van der Waals surface area contributed by atoms with Gasteiger partial charge in [-0.15, -0.1) is 0 Å². The number of carboxylic acid groups (broad SMARTS) is 1. The first-order chi connectivity index (χ1) is 7.75. The molecule has 0 spiro atoms. The molecule has 0 saturated carbocycles. The van der Waals surface area contributed by atoms with Crippen LogP contribution in [0, 0.1) is 5.41 Å². The topological polar surface area (TPSA) is 83.6 Å². The van der Waals surface area contributed by atoms with Gasteiger partial charge in [-0.1, -0.05) is 13.8 Å². The number of hydrogen-bond donors (Lipinski definition) is 2. The molecule has 1 saturated heterocycles. The first kappa shape index (κ1) is 14.0. The Morgan fingerprint density at radius 2 is 2.12 bits per heavy atom. The van der Waals surface area contributed by atoms with Gasteiger partial charge in [-0.05, 0) is 25.2 Å². The van der Waals surface area contributed by atoms with E-state index in [1.165, 1.54) is 4.90 Å². The van der Waals surface area contributed by atoms with Crippen LogP contribution in [0.15, 0.2) is 0 Å². The van der Waals surface area contributed by atoms with E-state index in [9.17, 15) is 14.7 Å². The predicted molar refractivity (Wildman–Crippen MR) is 64.4 cm³/mol. The lowest BCUT2D eigenvalue weighted by molar-refractivity contribution is -0.159. The number of piperidine rings is 1. The normalized spacial score (nSPS) is 25.4. The van der Waals surface area contributed by atoms with Gasteiger partial charge < -0.3 is 15.7 Å². The highest BCUT2D eigenvalue weighted by molar-refractivity contribution is 5.84. The van der Waals surface area contributed by atoms with E-state index in [1.807, 2.05) is 13.8 Å². The Kier molecular flexibility index (Phi) is 4.14. The van der Waals surface area contributed by atoms with Crippen molar-refractivity contribution in [1.82, 2.24) is 4.90 Å². The van der Waals surface area contributed by atoms with Crippen molar-refractivity contribution in [1.29, 1.82) is 0 Å². The van der Waals surface area contributed by atoms with Crippen LogP contribution in [0.3, 0.4) is 0 Å². The van der Waals surface area contributed by atoms with Gasteiger partial charge >= 0.3 is 5.97 Å². The highest BCUT2D eigenvalue weighted by atomic mass is 16.4. The van der Waals surface area contributed by atoms with E-state index in [0.29, 0.717) is 6.54 Å². The quantitative estimate of drug-likeness (QED) is 0.767. The SMILES string of the molecule is CC(N)CC(=O)N1CCCC(C)(C)C1C(=O)O. The van der Waals surface area contributed by atoms with Crippen molar-refractivity contribution in [3.05, 3.63) is 0 Å². The maximum absolute atomic E-state index is 12.0. The van der Waals surface area contributed by atoms with E-state index in [4.69, 9.17) is 5.73 Å². The summed E-state index contributed by atoms with van der Waals surface area (Å²) in [6, 6.07) is -0.968. The summed E-state index contributed by atoms with van der Waals surface area (Å²) in [5, 5.41) is 9.30. The fraction of sp³-hybridized carbons (Fsp3) is 0.833. The zero-order chi connectivity index (χ0) is 13.2. The highest BCUT2D eigenvalue weighted by Crippen LogP contribution is 2.35. The van der Waals surface area contributed by atoms with E-state index in [2.05, 4.69) is 0 Å². The zero-order valence-corrected chi connectivity index (χ0v) is 10.8. The molecule has 5 heteroatoms. The number of amides is 1. The summed E-state index contributed by atoms with van der Waals surface area (Å²) in [6.07, 6.45) is 1.88. The third-order valence-corrected chi connectivity index (χ3v) is 3.32. The van der Waals surface area contributed by atoms with Gasteiger partial charge in [0.15, 0.2) is 0 Å². The Balaban J connectivity index is 2.88. The third-order valence-electron chi connectivity index (χ3n) is 3.32. The number of carbonyl (C=O) groups excluding carboxylic acids is 1. The number of carbonyl (C=O) groups is 2. The number of carboxylic acids is 1. The van der Waals surface area contributed by atoms with Crippen LogP contribution >= 0.6 is 0 Å². The van der Waals surface area contributed by atoms with Gasteiger partial charge in [-0.2, -0.15) is 0 Å². The first-order valence-electron chi connectivity index (χ1n) is 6.03. The van der Waals surface area contributed by atoms with Crippen LogP contribution in [0.25, 0.3) is 0 Å². The molecule has 5 nitrogen and oxygen atoms in total. The summed E-state index contributed by atoms with van der Waals surface area (Å²) in [7, 11) is 0. The number of nitrogens with zero attached hydrogens (tertiary/aromatic N) is 1. The van der Waals surface area contributed by atoms with Crippen LogP contribution in [-0.2, 0) is 9.59 Å². The Labute approximate surface area is 102 Å². The molecule has 1 amide bonds. The van der Waals surface area contributed by atoms with Crippen molar-refractivity contribution in [2.24, 2.45) is 11.1 Å². The fourth-order valence-electron chi connectivity index (χ4n) is 2.52. The van der Waals surface area contributed by atoms with Gasteiger partial charge in [0.05, 0.1) is 0 Å². The Hall–Kier alpha value is -1.10. The summed E-state index contributed by atoms with van der Waals surface area (Å²) < 4.78 is 0. The Bertz CT molecular complexity index is 313. The van der Waals surface area contributed by atoms with Crippen molar-refractivity contribution in [3.8, 4) is 0 Å². The van der Waals surface area contributed by atoms with Crippen molar-refractivity contribution in [3.63, 3.8) is 0 Å². The molecule has 1 fully saturated rings. The van der Waals surface area contributed by atoms with E-state index < -0.39 is 12.0 Å². The number of rotatable bonds is 3. The smallest absolute Gasteiger partial charge is 0.326 e. The minimum Gasteiger partial charge on any atom is -0.480 e. The summed E-state index contributed by atoms with van der Waals surface area (Å²) in [4.78, 5) is 24.8. The van der Waals surface area contributed by atoms with Crippen LogP contribution in [0.2, 0.25) is 0 Å². The van der Waals surface area contributed by atoms with Gasteiger partial charge in [0.1, 0.15) is 6.04 Å². The molecule has 1 aliphatic heterocycles.